The molecule has 1 atom stereocenters. The van der Waals surface area contributed by atoms with Crippen molar-refractivity contribution in [2.24, 2.45) is 0 Å². The Bertz CT molecular complexity index is 526. The van der Waals surface area contributed by atoms with Gasteiger partial charge in [0.2, 0.25) is 0 Å². The molecule has 0 aliphatic carbocycles. The number of terminal acetylenes is 1. The molecule has 0 spiro atoms. The van der Waals surface area contributed by atoms with Crippen LogP contribution in [-0.4, -0.2) is 5.97 Å². The maximum Gasteiger partial charge on any atom is 0.304 e. The first-order valence-corrected chi connectivity index (χ1v) is 6.40. The molecule has 1 aromatic rings. The molecule has 0 aromatic heterocycles. The van der Waals surface area contributed by atoms with Crippen LogP contribution in [0.2, 0.25) is 0 Å². The van der Waals surface area contributed by atoms with E-state index >= 15 is 0 Å². The lowest BCUT2D eigenvalue weighted by molar-refractivity contribution is -0.144. The topological polar surface area (TPSA) is 26.3 Å². The minimum absolute atomic E-state index is 0.360. The third-order valence-corrected chi connectivity index (χ3v) is 2.57. The molecule has 0 saturated carbocycles. The molecule has 2 nitrogen and oxygen atoms in total. The lowest BCUT2D eigenvalue weighted by Gasteiger charge is -2.13. The first-order valence-electron chi connectivity index (χ1n) is 6.40. The highest BCUT2D eigenvalue weighted by molar-refractivity contribution is 5.67. The van der Waals surface area contributed by atoms with Gasteiger partial charge in [-0.25, -0.2) is 0 Å². The van der Waals surface area contributed by atoms with E-state index in [1.54, 1.807) is 0 Å². The first kappa shape index (κ1) is 14.9. The van der Waals surface area contributed by atoms with Crippen molar-refractivity contribution in [3.05, 3.63) is 35.4 Å². The van der Waals surface area contributed by atoms with Gasteiger partial charge in [-0.05, 0) is 12.5 Å². The van der Waals surface area contributed by atoms with Crippen LogP contribution in [0.15, 0.2) is 24.3 Å². The summed E-state index contributed by atoms with van der Waals surface area (Å²) in [5.74, 6) is 8.27. The van der Waals surface area contributed by atoms with Crippen molar-refractivity contribution in [2.75, 3.05) is 0 Å². The normalized spacial score (nSPS) is 10.8. The van der Waals surface area contributed by atoms with Gasteiger partial charge in [0.25, 0.3) is 0 Å². The third-order valence-electron chi connectivity index (χ3n) is 2.57. The molecule has 0 fully saturated rings. The van der Waals surface area contributed by atoms with E-state index in [0.29, 0.717) is 5.56 Å². The summed E-state index contributed by atoms with van der Waals surface area (Å²) in [5, 5.41) is 0. The Morgan fingerprint density at radius 1 is 1.42 bits per heavy atom. The Labute approximate surface area is 115 Å². The average molecular weight is 254 g/mol. The minimum atomic E-state index is -0.582. The van der Waals surface area contributed by atoms with Gasteiger partial charge in [-0.2, -0.15) is 0 Å². The smallest absolute Gasteiger partial charge is 0.304 e. The Morgan fingerprint density at radius 3 is 2.79 bits per heavy atom. The summed E-state index contributed by atoms with van der Waals surface area (Å²) in [7, 11) is 0. The molecule has 0 amide bonds. The molecule has 0 saturated heterocycles. The van der Waals surface area contributed by atoms with Crippen LogP contribution in [0.1, 0.15) is 50.3 Å². The Kier molecular flexibility index (Phi) is 6.27. The number of unbranched alkanes of at least 4 members (excludes halogenated alkanes) is 2. The minimum Gasteiger partial charge on any atom is -0.444 e. The fraction of sp³-hybridized carbons (Fsp3) is 0.353. The van der Waals surface area contributed by atoms with E-state index in [4.69, 9.17) is 11.2 Å². The van der Waals surface area contributed by atoms with Gasteiger partial charge in [-0.15, -0.1) is 6.42 Å². The highest BCUT2D eigenvalue weighted by Crippen LogP contribution is 2.20. The van der Waals surface area contributed by atoms with Crippen LogP contribution in [0.4, 0.5) is 0 Å². The van der Waals surface area contributed by atoms with Crippen molar-refractivity contribution in [2.45, 2.75) is 39.2 Å². The molecule has 0 aliphatic rings. The van der Waals surface area contributed by atoms with Crippen LogP contribution in [0.25, 0.3) is 0 Å². The standard InChI is InChI=1S/C17H18O2/c1-4-6-7-8-13-17(19-14(3)18)16-12-10-9-11-15(16)5-2/h2,9-12,17H,4,6-7H2,1,3H3. The zero-order valence-electron chi connectivity index (χ0n) is 11.4. The highest BCUT2D eigenvalue weighted by atomic mass is 16.5. The molecular formula is C17H18O2. The molecule has 19 heavy (non-hydrogen) atoms. The molecule has 0 aliphatic heterocycles. The monoisotopic (exact) mass is 254 g/mol. The maximum absolute atomic E-state index is 11.2. The van der Waals surface area contributed by atoms with Crippen molar-refractivity contribution < 1.29 is 9.53 Å². The maximum atomic E-state index is 11.2. The molecule has 98 valence electrons. The van der Waals surface area contributed by atoms with E-state index in [9.17, 15) is 4.79 Å². The molecule has 1 unspecified atom stereocenters. The van der Waals surface area contributed by atoms with Crippen molar-refractivity contribution in [3.63, 3.8) is 0 Å². The number of carbonyl (C=O) groups is 1. The predicted octanol–water partition coefficient (Wildman–Crippen LogP) is 3.47. The largest absolute Gasteiger partial charge is 0.444 e. The second-order valence-electron chi connectivity index (χ2n) is 4.15. The van der Waals surface area contributed by atoms with Crippen molar-refractivity contribution >= 4 is 5.97 Å². The molecule has 0 heterocycles. The van der Waals surface area contributed by atoms with Gasteiger partial charge in [0.15, 0.2) is 6.10 Å². The summed E-state index contributed by atoms with van der Waals surface area (Å²) >= 11 is 0. The van der Waals surface area contributed by atoms with E-state index in [1.165, 1.54) is 6.92 Å². The molecule has 0 radical (unpaired) electrons. The van der Waals surface area contributed by atoms with Crippen LogP contribution in [0.3, 0.4) is 0 Å². The number of benzene rings is 1. The lowest BCUT2D eigenvalue weighted by Crippen LogP contribution is -2.08. The van der Waals surface area contributed by atoms with E-state index in [1.807, 2.05) is 24.3 Å². The predicted molar refractivity (Wildman–Crippen MR) is 76.2 cm³/mol. The first-order chi connectivity index (χ1) is 9.19. The van der Waals surface area contributed by atoms with Crippen molar-refractivity contribution in [1.82, 2.24) is 0 Å². The quantitative estimate of drug-likeness (QED) is 0.467. The Hall–Kier alpha value is -2.19. The molecule has 1 aromatic carbocycles. The highest BCUT2D eigenvalue weighted by Gasteiger charge is 2.14. The Balaban J connectivity index is 2.98. The van der Waals surface area contributed by atoms with Crippen LogP contribution >= 0.6 is 0 Å². The van der Waals surface area contributed by atoms with Gasteiger partial charge in [0.05, 0.1) is 0 Å². The average Bonchev–Trinajstić information content (AvgIpc) is 2.42. The summed E-state index contributed by atoms with van der Waals surface area (Å²) in [4.78, 5) is 11.2. The van der Waals surface area contributed by atoms with Gasteiger partial charge in [0.1, 0.15) is 0 Å². The molecular weight excluding hydrogens is 236 g/mol. The summed E-state index contributed by atoms with van der Waals surface area (Å²) in [6.45, 7) is 3.48. The van der Waals surface area contributed by atoms with E-state index in [0.717, 1.165) is 24.8 Å². The second kappa shape index (κ2) is 8.01. The molecule has 0 bridgehead atoms. The van der Waals surface area contributed by atoms with Gasteiger partial charge < -0.3 is 4.74 Å². The molecule has 1 rings (SSSR count). The number of rotatable bonds is 4. The van der Waals surface area contributed by atoms with Crippen LogP contribution < -0.4 is 0 Å². The third kappa shape index (κ3) is 4.90. The van der Waals surface area contributed by atoms with Gasteiger partial charge >= 0.3 is 5.97 Å². The van der Waals surface area contributed by atoms with Gasteiger partial charge in [-0.3, -0.25) is 4.79 Å². The number of hydrogen-bond donors (Lipinski definition) is 0. The zero-order chi connectivity index (χ0) is 14.1. The summed E-state index contributed by atoms with van der Waals surface area (Å²) in [6.07, 6.45) is 7.80. The SMILES string of the molecule is C#Cc1ccccc1C(C#CCCCC)OC(C)=O. The Morgan fingerprint density at radius 2 is 2.16 bits per heavy atom. The lowest BCUT2D eigenvalue weighted by atomic mass is 10.0. The van der Waals surface area contributed by atoms with Crippen molar-refractivity contribution in [1.29, 1.82) is 0 Å². The van der Waals surface area contributed by atoms with Crippen LogP contribution in [0, 0.1) is 24.2 Å². The number of hydrogen-bond acceptors (Lipinski definition) is 2. The van der Waals surface area contributed by atoms with E-state index < -0.39 is 6.10 Å². The van der Waals surface area contributed by atoms with Gasteiger partial charge in [-0.1, -0.05) is 49.3 Å². The molecule has 0 N–H and O–H groups in total. The number of ether oxygens (including phenoxy) is 1. The molecule has 2 heteroatoms. The zero-order valence-corrected chi connectivity index (χ0v) is 11.4. The summed E-state index contributed by atoms with van der Waals surface area (Å²) in [6, 6.07) is 7.38. The fourth-order valence-corrected chi connectivity index (χ4v) is 1.62. The second-order valence-corrected chi connectivity index (χ2v) is 4.15. The number of esters is 1. The van der Waals surface area contributed by atoms with Crippen LogP contribution in [-0.2, 0) is 9.53 Å². The number of carbonyl (C=O) groups excluding carboxylic acids is 1. The van der Waals surface area contributed by atoms with E-state index in [2.05, 4.69) is 24.7 Å². The summed E-state index contributed by atoms with van der Waals surface area (Å²) in [5.41, 5.74) is 1.47. The fourth-order valence-electron chi connectivity index (χ4n) is 1.62. The summed E-state index contributed by atoms with van der Waals surface area (Å²) < 4.78 is 5.25. The van der Waals surface area contributed by atoms with E-state index in [-0.39, 0.29) is 5.97 Å². The van der Waals surface area contributed by atoms with Crippen LogP contribution in [0.5, 0.6) is 0 Å². The van der Waals surface area contributed by atoms with Gasteiger partial charge in [0, 0.05) is 24.5 Å². The van der Waals surface area contributed by atoms with Crippen molar-refractivity contribution in [3.8, 4) is 24.2 Å².